The van der Waals surface area contributed by atoms with Crippen molar-refractivity contribution in [3.63, 3.8) is 0 Å². The minimum absolute atomic E-state index is 0.143. The van der Waals surface area contributed by atoms with Gasteiger partial charge in [0.25, 0.3) is 5.91 Å². The third-order valence-electron chi connectivity index (χ3n) is 3.77. The fourth-order valence-corrected chi connectivity index (χ4v) is 2.74. The zero-order valence-electron chi connectivity index (χ0n) is 16.4. The van der Waals surface area contributed by atoms with Gasteiger partial charge in [0.2, 0.25) is 0 Å². The molecule has 6 heteroatoms. The van der Waals surface area contributed by atoms with Crippen LogP contribution in [0.5, 0.6) is 0 Å². The third kappa shape index (κ3) is 5.17. The summed E-state index contributed by atoms with van der Waals surface area (Å²) in [4.78, 5) is 29.7. The Morgan fingerprint density at radius 2 is 1.56 bits per heavy atom. The molecule has 1 unspecified atom stereocenters. The highest BCUT2D eigenvalue weighted by Gasteiger charge is 2.18. The third-order valence-corrected chi connectivity index (χ3v) is 3.77. The molecule has 0 fully saturated rings. The van der Waals surface area contributed by atoms with Gasteiger partial charge in [-0.05, 0) is 32.9 Å². The van der Waals surface area contributed by atoms with E-state index in [-0.39, 0.29) is 11.9 Å². The predicted octanol–water partition coefficient (Wildman–Crippen LogP) is 4.07. The van der Waals surface area contributed by atoms with Crippen LogP contribution in [0.4, 0.5) is 0 Å². The molecule has 2 aromatic heterocycles. The first-order valence-corrected chi connectivity index (χ1v) is 9.01. The zero-order valence-corrected chi connectivity index (χ0v) is 16.4. The Balaban J connectivity index is 0.00000126. The molecule has 0 aliphatic rings. The minimum atomic E-state index is -0.320. The van der Waals surface area contributed by atoms with Crippen LogP contribution in [0, 0.1) is 13.8 Å². The fourth-order valence-electron chi connectivity index (χ4n) is 2.74. The van der Waals surface area contributed by atoms with E-state index < -0.39 is 0 Å². The van der Waals surface area contributed by atoms with Crippen molar-refractivity contribution in [2.45, 2.75) is 40.7 Å². The maximum Gasteiger partial charge on any atom is 0.251 e. The first-order chi connectivity index (χ1) is 13.0. The molecule has 1 aromatic carbocycles. The predicted molar refractivity (Wildman–Crippen MR) is 106 cm³/mol. The molecule has 0 aliphatic heterocycles. The van der Waals surface area contributed by atoms with E-state index >= 15 is 0 Å². The van der Waals surface area contributed by atoms with Gasteiger partial charge in [0.1, 0.15) is 11.4 Å². The largest absolute Gasteiger partial charge is 0.344 e. The molecular weight excluding hydrogens is 338 g/mol. The van der Waals surface area contributed by atoms with Crippen LogP contribution in [0.3, 0.4) is 0 Å². The molecule has 0 aliphatic carbocycles. The number of nitrogens with zero attached hydrogens (tertiary/aromatic N) is 4. The molecule has 0 saturated carbocycles. The standard InChI is InChI=1S/C19H19N5O.C2H6/c1-12-8-13(2)10-15(9-12)19(25)24-14(3)17-18(23-7-6-22-17)16-11-20-4-5-21-16;1-2/h4-11,14H,1-3H3,(H,24,25);1-2H3. The monoisotopic (exact) mass is 363 g/mol. The Labute approximate surface area is 160 Å². The molecule has 27 heavy (non-hydrogen) atoms. The Bertz CT molecular complexity index is 876. The normalized spacial score (nSPS) is 11.1. The molecule has 6 nitrogen and oxygen atoms in total. The van der Waals surface area contributed by atoms with Gasteiger partial charge in [0.15, 0.2) is 0 Å². The molecule has 0 saturated heterocycles. The van der Waals surface area contributed by atoms with Gasteiger partial charge in [-0.3, -0.25) is 24.7 Å². The average molecular weight is 363 g/mol. The highest BCUT2D eigenvalue weighted by atomic mass is 16.1. The molecule has 1 N–H and O–H groups in total. The smallest absolute Gasteiger partial charge is 0.251 e. The van der Waals surface area contributed by atoms with E-state index in [4.69, 9.17) is 0 Å². The number of carbonyl (C=O) groups is 1. The van der Waals surface area contributed by atoms with E-state index in [1.165, 1.54) is 0 Å². The summed E-state index contributed by atoms with van der Waals surface area (Å²) in [6.07, 6.45) is 8.05. The fraction of sp³-hybridized carbons (Fsp3) is 0.286. The molecule has 3 aromatic rings. The summed E-state index contributed by atoms with van der Waals surface area (Å²) in [7, 11) is 0. The van der Waals surface area contributed by atoms with Gasteiger partial charge in [0, 0.05) is 30.4 Å². The summed E-state index contributed by atoms with van der Waals surface area (Å²) >= 11 is 0. The van der Waals surface area contributed by atoms with Crippen LogP contribution < -0.4 is 5.32 Å². The number of aryl methyl sites for hydroxylation is 2. The Morgan fingerprint density at radius 3 is 2.19 bits per heavy atom. The summed E-state index contributed by atoms with van der Waals surface area (Å²) in [6.45, 7) is 9.83. The van der Waals surface area contributed by atoms with Gasteiger partial charge < -0.3 is 5.32 Å². The molecule has 0 radical (unpaired) electrons. The Kier molecular flexibility index (Phi) is 7.11. The van der Waals surface area contributed by atoms with Crippen molar-refractivity contribution in [3.05, 3.63) is 71.6 Å². The van der Waals surface area contributed by atoms with Crippen molar-refractivity contribution in [2.24, 2.45) is 0 Å². The van der Waals surface area contributed by atoms with Crippen LogP contribution in [0.2, 0.25) is 0 Å². The average Bonchev–Trinajstić information content (AvgIpc) is 2.69. The van der Waals surface area contributed by atoms with Crippen molar-refractivity contribution in [2.75, 3.05) is 0 Å². The minimum Gasteiger partial charge on any atom is -0.344 e. The maximum atomic E-state index is 12.6. The summed E-state index contributed by atoms with van der Waals surface area (Å²) < 4.78 is 0. The van der Waals surface area contributed by atoms with E-state index in [1.54, 1.807) is 31.0 Å². The quantitative estimate of drug-likeness (QED) is 0.756. The lowest BCUT2D eigenvalue weighted by molar-refractivity contribution is 0.0939. The van der Waals surface area contributed by atoms with Crippen LogP contribution in [-0.4, -0.2) is 25.8 Å². The second kappa shape index (κ2) is 9.52. The molecule has 1 atom stereocenters. The van der Waals surface area contributed by atoms with Crippen LogP contribution >= 0.6 is 0 Å². The molecule has 0 spiro atoms. The topological polar surface area (TPSA) is 80.7 Å². The summed E-state index contributed by atoms with van der Waals surface area (Å²) in [5.74, 6) is -0.143. The number of aromatic nitrogens is 4. The molecular formula is C21H25N5O. The van der Waals surface area contributed by atoms with Crippen molar-refractivity contribution in [3.8, 4) is 11.4 Å². The SMILES string of the molecule is CC.Cc1cc(C)cc(C(=O)NC(C)c2nccnc2-c2cnccn2)c1. The number of hydrogen-bond acceptors (Lipinski definition) is 5. The zero-order chi connectivity index (χ0) is 19.8. The van der Waals surface area contributed by atoms with E-state index in [2.05, 4.69) is 25.3 Å². The number of carbonyl (C=O) groups excluding carboxylic acids is 1. The number of rotatable bonds is 4. The van der Waals surface area contributed by atoms with E-state index in [1.807, 2.05) is 52.8 Å². The first-order valence-electron chi connectivity index (χ1n) is 9.01. The lowest BCUT2D eigenvalue weighted by Gasteiger charge is -2.16. The van der Waals surface area contributed by atoms with Gasteiger partial charge in [-0.2, -0.15) is 0 Å². The van der Waals surface area contributed by atoms with Gasteiger partial charge in [-0.1, -0.05) is 31.0 Å². The van der Waals surface area contributed by atoms with E-state index in [9.17, 15) is 4.79 Å². The lowest BCUT2D eigenvalue weighted by Crippen LogP contribution is -2.28. The van der Waals surface area contributed by atoms with Crippen molar-refractivity contribution >= 4 is 5.91 Å². The first kappa shape index (κ1) is 20.2. The van der Waals surface area contributed by atoms with Crippen molar-refractivity contribution < 1.29 is 4.79 Å². The van der Waals surface area contributed by atoms with Gasteiger partial charge in [-0.25, -0.2) is 0 Å². The van der Waals surface area contributed by atoms with Crippen molar-refractivity contribution in [1.82, 2.24) is 25.3 Å². The highest BCUT2D eigenvalue weighted by molar-refractivity contribution is 5.94. The summed E-state index contributed by atoms with van der Waals surface area (Å²) in [5, 5.41) is 2.99. The number of hydrogen-bond donors (Lipinski definition) is 1. The van der Waals surface area contributed by atoms with Crippen LogP contribution in [0.15, 0.2) is 49.2 Å². The molecule has 0 bridgehead atoms. The maximum absolute atomic E-state index is 12.6. The summed E-state index contributed by atoms with van der Waals surface area (Å²) in [6, 6.07) is 5.46. The van der Waals surface area contributed by atoms with Gasteiger partial charge in [0.05, 0.1) is 17.9 Å². The lowest BCUT2D eigenvalue weighted by atomic mass is 10.1. The molecule has 1 amide bonds. The molecule has 2 heterocycles. The molecule has 140 valence electrons. The second-order valence-electron chi connectivity index (χ2n) is 5.95. The van der Waals surface area contributed by atoms with Crippen molar-refractivity contribution in [1.29, 1.82) is 0 Å². The van der Waals surface area contributed by atoms with Crippen LogP contribution in [0.25, 0.3) is 11.4 Å². The van der Waals surface area contributed by atoms with Crippen LogP contribution in [0.1, 0.15) is 54.0 Å². The van der Waals surface area contributed by atoms with Gasteiger partial charge in [-0.15, -0.1) is 0 Å². The highest BCUT2D eigenvalue weighted by Crippen LogP contribution is 2.22. The van der Waals surface area contributed by atoms with Gasteiger partial charge >= 0.3 is 0 Å². The second-order valence-corrected chi connectivity index (χ2v) is 5.95. The molecule has 3 rings (SSSR count). The Morgan fingerprint density at radius 1 is 0.926 bits per heavy atom. The number of benzene rings is 1. The number of amides is 1. The van der Waals surface area contributed by atoms with E-state index in [0.29, 0.717) is 22.6 Å². The van der Waals surface area contributed by atoms with E-state index in [0.717, 1.165) is 11.1 Å². The Hall–Kier alpha value is -3.15. The number of nitrogens with one attached hydrogen (secondary N) is 1. The van der Waals surface area contributed by atoms with Crippen LogP contribution in [-0.2, 0) is 0 Å². The summed E-state index contributed by atoms with van der Waals surface area (Å²) in [5.41, 5.74) is 4.63.